The molecule has 13 heteroatoms. The highest BCUT2D eigenvalue weighted by Gasteiger charge is 2.46. The summed E-state index contributed by atoms with van der Waals surface area (Å²) in [6, 6.07) is 3.97. The Hall–Kier alpha value is -3.87. The average molecular weight is 548 g/mol. The molecule has 6 heterocycles. The van der Waals surface area contributed by atoms with Gasteiger partial charge in [-0.2, -0.15) is 14.7 Å². The fourth-order valence-corrected chi connectivity index (χ4v) is 7.61. The van der Waals surface area contributed by atoms with Crippen molar-refractivity contribution in [2.45, 2.75) is 73.8 Å². The van der Waals surface area contributed by atoms with Gasteiger partial charge in [0.1, 0.15) is 17.0 Å². The Morgan fingerprint density at radius 3 is 2.41 bits per heavy atom. The summed E-state index contributed by atoms with van der Waals surface area (Å²) in [7, 11) is -3.72. The first kappa shape index (κ1) is 24.2. The molecule has 4 aromatic rings. The molecule has 1 amide bonds. The first-order valence-corrected chi connectivity index (χ1v) is 15.2. The van der Waals surface area contributed by atoms with E-state index in [9.17, 15) is 13.2 Å². The lowest BCUT2D eigenvalue weighted by Gasteiger charge is -2.38. The first-order valence-electron chi connectivity index (χ1n) is 13.3. The molecule has 4 aromatic heterocycles. The van der Waals surface area contributed by atoms with Crippen LogP contribution in [0.1, 0.15) is 78.8 Å². The summed E-state index contributed by atoms with van der Waals surface area (Å²) in [6.07, 6.45) is 12.4. The van der Waals surface area contributed by atoms with E-state index in [0.29, 0.717) is 30.1 Å². The van der Waals surface area contributed by atoms with Gasteiger partial charge in [0.15, 0.2) is 15.5 Å². The molecular formula is C26H29N9O3S. The number of hydrogen-bond donors (Lipinski definition) is 2. The number of fused-ring (bicyclic) bond motifs is 3. The van der Waals surface area contributed by atoms with Crippen molar-refractivity contribution in [1.29, 1.82) is 0 Å². The van der Waals surface area contributed by atoms with Crippen LogP contribution in [0.5, 0.6) is 0 Å². The van der Waals surface area contributed by atoms with Crippen LogP contribution in [0.25, 0.3) is 16.8 Å². The molecular weight excluding hydrogens is 518 g/mol. The number of nitrogens with one attached hydrogen (secondary N) is 1. The topological polar surface area (TPSA) is 165 Å². The zero-order valence-electron chi connectivity index (χ0n) is 21.5. The molecule has 1 unspecified atom stereocenters. The zero-order chi connectivity index (χ0) is 26.9. The lowest BCUT2D eigenvalue weighted by Crippen LogP contribution is -2.46. The fourth-order valence-electron chi connectivity index (χ4n) is 6.55. The molecule has 3 atom stereocenters. The third-order valence-corrected chi connectivity index (χ3v) is 9.79. The van der Waals surface area contributed by atoms with Crippen LogP contribution in [0.4, 0.5) is 5.82 Å². The molecule has 0 radical (unpaired) electrons. The maximum Gasteiger partial charge on any atom is 0.291 e. The van der Waals surface area contributed by atoms with E-state index in [-0.39, 0.29) is 40.4 Å². The summed E-state index contributed by atoms with van der Waals surface area (Å²) < 4.78 is 27.5. The van der Waals surface area contributed by atoms with Gasteiger partial charge >= 0.3 is 0 Å². The standard InChI is InChI=1S/C26H29N9O3S/c1-39(37,38)22-21(16-9-17-6-7-18(10-16)34(17)26(36)24-29-13-30-33-24)32-25-19(12-31-35(25)23(22)27)15-5-8-20(28-11-15)14-3-2-4-14/h5,8,11-14,16-18H,2-4,6-7,9-10,27H2,1H3,(H,29,30,33)/t16?,17-,18+. The average Bonchev–Trinajstić information content (AvgIpc) is 3.61. The Labute approximate surface area is 225 Å². The van der Waals surface area contributed by atoms with E-state index >= 15 is 0 Å². The van der Waals surface area contributed by atoms with E-state index in [4.69, 9.17) is 10.7 Å². The lowest BCUT2D eigenvalue weighted by molar-refractivity contribution is 0.0556. The van der Waals surface area contributed by atoms with Crippen LogP contribution in [-0.2, 0) is 9.84 Å². The number of nitrogen functional groups attached to an aromatic ring is 1. The Morgan fingerprint density at radius 1 is 1.05 bits per heavy atom. The molecule has 3 N–H and O–H groups in total. The number of nitrogens with zero attached hydrogens (tertiary/aromatic N) is 7. The number of pyridine rings is 1. The third-order valence-electron chi connectivity index (χ3n) is 8.63. The van der Waals surface area contributed by atoms with Crippen molar-refractivity contribution in [2.75, 3.05) is 12.0 Å². The van der Waals surface area contributed by atoms with Crippen molar-refractivity contribution < 1.29 is 13.2 Å². The minimum atomic E-state index is -3.72. The molecule has 202 valence electrons. The Balaban J connectivity index is 1.28. The molecule has 3 fully saturated rings. The number of amides is 1. The maximum atomic E-state index is 13.1. The van der Waals surface area contributed by atoms with Crippen molar-refractivity contribution in [2.24, 2.45) is 0 Å². The molecule has 3 aliphatic rings. The van der Waals surface area contributed by atoms with Gasteiger partial charge in [-0.25, -0.2) is 18.4 Å². The number of piperidine rings is 1. The number of H-pyrrole nitrogens is 1. The van der Waals surface area contributed by atoms with Gasteiger partial charge in [-0.15, -0.1) is 0 Å². The van der Waals surface area contributed by atoms with Crippen LogP contribution in [0.3, 0.4) is 0 Å². The van der Waals surface area contributed by atoms with Crippen molar-refractivity contribution in [3.8, 4) is 11.1 Å². The molecule has 2 aliphatic heterocycles. The number of aromatic nitrogens is 7. The smallest absolute Gasteiger partial charge is 0.291 e. The van der Waals surface area contributed by atoms with E-state index in [1.165, 1.54) is 30.1 Å². The van der Waals surface area contributed by atoms with Gasteiger partial charge in [-0.3, -0.25) is 14.9 Å². The fraction of sp³-hybridized carbons (Fsp3) is 0.462. The van der Waals surface area contributed by atoms with Crippen LogP contribution < -0.4 is 5.73 Å². The third kappa shape index (κ3) is 3.89. The summed E-state index contributed by atoms with van der Waals surface area (Å²) in [5, 5.41) is 10.9. The SMILES string of the molecule is CS(=O)(=O)c1c(C2C[C@H]3CC[C@@H](C2)N3C(=O)c2ncn[nH]2)nc2c(-c3ccc(C4CCC4)nc3)cnn2c1N. The molecule has 1 saturated carbocycles. The van der Waals surface area contributed by atoms with Crippen molar-refractivity contribution >= 4 is 27.2 Å². The molecule has 0 aromatic carbocycles. The van der Waals surface area contributed by atoms with E-state index < -0.39 is 9.84 Å². The van der Waals surface area contributed by atoms with Gasteiger partial charge in [-0.1, -0.05) is 12.5 Å². The number of aromatic amines is 1. The quantitative estimate of drug-likeness (QED) is 0.382. The highest BCUT2D eigenvalue weighted by atomic mass is 32.2. The van der Waals surface area contributed by atoms with Crippen LogP contribution in [-0.4, -0.2) is 72.3 Å². The molecule has 7 rings (SSSR count). The van der Waals surface area contributed by atoms with Crippen LogP contribution in [0, 0.1) is 0 Å². The first-order chi connectivity index (χ1) is 18.8. The summed E-state index contributed by atoms with van der Waals surface area (Å²) in [6.45, 7) is 0. The monoisotopic (exact) mass is 547 g/mol. The number of rotatable bonds is 5. The Morgan fingerprint density at radius 2 is 1.82 bits per heavy atom. The van der Waals surface area contributed by atoms with Gasteiger partial charge < -0.3 is 10.6 Å². The van der Waals surface area contributed by atoms with Gasteiger partial charge in [0.25, 0.3) is 5.91 Å². The minimum absolute atomic E-state index is 0.0162. The second-order valence-corrected chi connectivity index (χ2v) is 12.9. The number of nitrogens with two attached hydrogens (primary N) is 1. The number of carbonyl (C=O) groups excluding carboxylic acids is 1. The van der Waals surface area contributed by atoms with E-state index in [1.54, 1.807) is 6.20 Å². The van der Waals surface area contributed by atoms with E-state index in [0.717, 1.165) is 35.9 Å². The molecule has 39 heavy (non-hydrogen) atoms. The molecule has 12 nitrogen and oxygen atoms in total. The van der Waals surface area contributed by atoms with Crippen LogP contribution >= 0.6 is 0 Å². The van der Waals surface area contributed by atoms with Crippen molar-refractivity contribution in [1.82, 2.24) is 39.7 Å². The van der Waals surface area contributed by atoms with E-state index in [1.807, 2.05) is 17.2 Å². The highest BCUT2D eigenvalue weighted by Crippen LogP contribution is 2.45. The normalized spacial score (nSPS) is 23.3. The number of sulfone groups is 1. The number of hydrogen-bond acceptors (Lipinski definition) is 9. The maximum absolute atomic E-state index is 13.1. The summed E-state index contributed by atoms with van der Waals surface area (Å²) >= 11 is 0. The summed E-state index contributed by atoms with van der Waals surface area (Å²) in [5.41, 5.74) is 10.1. The second-order valence-electron chi connectivity index (χ2n) is 11.0. The van der Waals surface area contributed by atoms with Crippen LogP contribution in [0.15, 0.2) is 35.7 Å². The second kappa shape index (κ2) is 8.83. The summed E-state index contributed by atoms with van der Waals surface area (Å²) in [4.78, 5) is 28.7. The van der Waals surface area contributed by atoms with Crippen molar-refractivity contribution in [3.63, 3.8) is 0 Å². The van der Waals surface area contributed by atoms with Gasteiger partial charge in [-0.05, 0) is 44.6 Å². The number of anilines is 1. The van der Waals surface area contributed by atoms with Crippen LogP contribution in [0.2, 0.25) is 0 Å². The van der Waals surface area contributed by atoms with Gasteiger partial charge in [0.2, 0.25) is 5.82 Å². The highest BCUT2D eigenvalue weighted by molar-refractivity contribution is 7.91. The Bertz CT molecular complexity index is 1660. The lowest BCUT2D eigenvalue weighted by atomic mass is 9.82. The molecule has 1 aliphatic carbocycles. The number of carbonyl (C=O) groups is 1. The van der Waals surface area contributed by atoms with Crippen molar-refractivity contribution in [3.05, 3.63) is 48.1 Å². The molecule has 2 bridgehead atoms. The Kier molecular flexibility index (Phi) is 5.48. The van der Waals surface area contributed by atoms with E-state index in [2.05, 4.69) is 31.3 Å². The largest absolute Gasteiger partial charge is 0.382 e. The van der Waals surface area contributed by atoms with Gasteiger partial charge in [0.05, 0.1) is 11.9 Å². The summed E-state index contributed by atoms with van der Waals surface area (Å²) in [5.74, 6) is 0.431. The molecule has 0 spiro atoms. The molecule has 2 saturated heterocycles. The predicted octanol–water partition coefficient (Wildman–Crippen LogP) is 2.71. The van der Waals surface area contributed by atoms with Gasteiger partial charge in [0, 0.05) is 53.2 Å². The predicted molar refractivity (Wildman–Crippen MR) is 142 cm³/mol. The zero-order valence-corrected chi connectivity index (χ0v) is 22.3. The minimum Gasteiger partial charge on any atom is -0.382 e.